The summed E-state index contributed by atoms with van der Waals surface area (Å²) in [6.07, 6.45) is 0.444. The van der Waals surface area contributed by atoms with Crippen LogP contribution >= 0.6 is 11.6 Å². The minimum Gasteiger partial charge on any atom is -0.495 e. The SMILES string of the molecule is COc1cc(N2CC3=CC(c4ccc(Cl)cc4)N=C3C2=O)ccc1N1C[C@H](O)[C@@H](O)C1. The molecule has 31 heavy (non-hydrogen) atoms. The molecule has 2 N–H and O–H groups in total. The van der Waals surface area contributed by atoms with Crippen molar-refractivity contribution in [3.63, 3.8) is 0 Å². The maximum atomic E-state index is 13.1. The molecule has 2 saturated heterocycles. The first-order chi connectivity index (χ1) is 14.9. The van der Waals surface area contributed by atoms with Gasteiger partial charge in [0.1, 0.15) is 11.5 Å². The molecule has 0 saturated carbocycles. The number of aliphatic hydroxyl groups excluding tert-OH is 2. The summed E-state index contributed by atoms with van der Waals surface area (Å²) in [5, 5.41) is 20.4. The topological polar surface area (TPSA) is 85.6 Å². The Morgan fingerprint density at radius 3 is 2.45 bits per heavy atom. The highest BCUT2D eigenvalue weighted by molar-refractivity contribution is 6.53. The van der Waals surface area contributed by atoms with E-state index in [1.165, 1.54) is 0 Å². The van der Waals surface area contributed by atoms with Crippen molar-refractivity contribution in [3.8, 4) is 5.75 Å². The lowest BCUT2D eigenvalue weighted by Crippen LogP contribution is -2.27. The van der Waals surface area contributed by atoms with Gasteiger partial charge < -0.3 is 24.7 Å². The van der Waals surface area contributed by atoms with Crippen LogP contribution in [0.2, 0.25) is 5.02 Å². The van der Waals surface area contributed by atoms with Crippen LogP contribution in [0.4, 0.5) is 11.4 Å². The van der Waals surface area contributed by atoms with E-state index in [4.69, 9.17) is 16.3 Å². The number of β-amino-alcohol motifs (C(OH)–C–C–N with tert-alkyl or cyclic N) is 2. The van der Waals surface area contributed by atoms with Crippen molar-refractivity contribution in [1.29, 1.82) is 0 Å². The first kappa shape index (κ1) is 20.1. The van der Waals surface area contributed by atoms with Gasteiger partial charge in [-0.2, -0.15) is 0 Å². The normalized spacial score (nSPS) is 25.0. The van der Waals surface area contributed by atoms with Gasteiger partial charge in [0.25, 0.3) is 5.91 Å². The van der Waals surface area contributed by atoms with Gasteiger partial charge >= 0.3 is 0 Å². The van der Waals surface area contributed by atoms with Crippen LogP contribution in [-0.2, 0) is 4.79 Å². The van der Waals surface area contributed by atoms with Crippen LogP contribution in [0.3, 0.4) is 0 Å². The molecule has 8 heteroatoms. The summed E-state index contributed by atoms with van der Waals surface area (Å²) in [5.74, 6) is 0.447. The van der Waals surface area contributed by atoms with Gasteiger partial charge in [0.15, 0.2) is 0 Å². The lowest BCUT2D eigenvalue weighted by Gasteiger charge is -2.23. The van der Waals surface area contributed by atoms with Crippen molar-refractivity contribution in [2.75, 3.05) is 36.5 Å². The summed E-state index contributed by atoms with van der Waals surface area (Å²) in [4.78, 5) is 21.3. The number of rotatable bonds is 4. The number of anilines is 2. The molecule has 2 aromatic carbocycles. The molecule has 1 unspecified atom stereocenters. The fourth-order valence-corrected chi connectivity index (χ4v) is 4.45. The van der Waals surface area contributed by atoms with Crippen LogP contribution in [0.25, 0.3) is 0 Å². The summed E-state index contributed by atoms with van der Waals surface area (Å²) in [7, 11) is 1.56. The quantitative estimate of drug-likeness (QED) is 0.763. The Hall–Kier alpha value is -2.87. The first-order valence-corrected chi connectivity index (χ1v) is 10.5. The third-order valence-electron chi connectivity index (χ3n) is 5.99. The molecule has 160 valence electrons. The van der Waals surface area contributed by atoms with Gasteiger partial charge in [-0.15, -0.1) is 0 Å². The Morgan fingerprint density at radius 1 is 1.10 bits per heavy atom. The monoisotopic (exact) mass is 439 g/mol. The molecular formula is C23H22ClN3O4. The molecule has 0 radical (unpaired) electrons. The van der Waals surface area contributed by atoms with E-state index in [1.807, 2.05) is 53.4 Å². The number of nitrogens with zero attached hydrogens (tertiary/aromatic N) is 3. The highest BCUT2D eigenvalue weighted by Crippen LogP contribution is 2.38. The van der Waals surface area contributed by atoms with Gasteiger partial charge in [0.05, 0.1) is 37.6 Å². The number of aliphatic imine (C=N–C) groups is 1. The summed E-state index contributed by atoms with van der Waals surface area (Å²) in [6.45, 7) is 1.11. The Balaban J connectivity index is 1.38. The van der Waals surface area contributed by atoms with Crippen LogP contribution in [0, 0.1) is 0 Å². The maximum Gasteiger partial charge on any atom is 0.277 e. The van der Waals surface area contributed by atoms with Crippen LogP contribution in [0.1, 0.15) is 11.6 Å². The largest absolute Gasteiger partial charge is 0.495 e. The molecule has 0 bridgehead atoms. The van der Waals surface area contributed by atoms with Gasteiger partial charge in [-0.3, -0.25) is 9.79 Å². The number of amides is 1. The van der Waals surface area contributed by atoms with E-state index in [1.54, 1.807) is 12.0 Å². The van der Waals surface area contributed by atoms with E-state index in [0.717, 1.165) is 16.8 Å². The maximum absolute atomic E-state index is 13.1. The zero-order chi connectivity index (χ0) is 21.7. The van der Waals surface area contributed by atoms with E-state index in [-0.39, 0.29) is 11.9 Å². The first-order valence-electron chi connectivity index (χ1n) is 10.1. The molecule has 3 heterocycles. The summed E-state index contributed by atoms with van der Waals surface area (Å²) in [6, 6.07) is 12.8. The minimum atomic E-state index is -0.789. The molecule has 1 amide bonds. The Morgan fingerprint density at radius 2 is 1.81 bits per heavy atom. The standard InChI is InChI=1S/C23H22ClN3O4/c1-31-21-9-16(6-7-18(21)26-11-19(28)20(29)12-26)27-10-14-8-17(25-22(14)23(27)30)13-2-4-15(24)5-3-13/h2-9,17,19-20,28-29H,10-12H2,1H3/t17?,19-,20-/m0/s1. The molecule has 3 atom stereocenters. The van der Waals surface area contributed by atoms with E-state index in [2.05, 4.69) is 4.99 Å². The third-order valence-corrected chi connectivity index (χ3v) is 6.25. The van der Waals surface area contributed by atoms with Crippen LogP contribution in [-0.4, -0.2) is 60.8 Å². The van der Waals surface area contributed by atoms with Crippen LogP contribution in [0.5, 0.6) is 5.75 Å². The molecule has 3 aliphatic rings. The summed E-state index contributed by atoms with van der Waals surface area (Å²) >= 11 is 5.97. The average molecular weight is 440 g/mol. The van der Waals surface area contributed by atoms with Gasteiger partial charge in [0.2, 0.25) is 0 Å². The molecule has 0 aliphatic carbocycles. The van der Waals surface area contributed by atoms with Gasteiger partial charge in [0, 0.05) is 35.4 Å². The average Bonchev–Trinajstić information content (AvgIpc) is 3.43. The van der Waals surface area contributed by atoms with Crippen molar-refractivity contribution in [3.05, 3.63) is 64.7 Å². The van der Waals surface area contributed by atoms with Crippen molar-refractivity contribution in [2.45, 2.75) is 18.2 Å². The zero-order valence-electron chi connectivity index (χ0n) is 16.9. The number of ether oxygens (including phenoxy) is 1. The highest BCUT2D eigenvalue weighted by Gasteiger charge is 2.38. The van der Waals surface area contributed by atoms with Crippen molar-refractivity contribution >= 4 is 34.6 Å². The minimum absolute atomic E-state index is 0.135. The number of hydrogen-bond donors (Lipinski definition) is 2. The van der Waals surface area contributed by atoms with Crippen molar-refractivity contribution in [1.82, 2.24) is 0 Å². The number of carbonyl (C=O) groups excluding carboxylic acids is 1. The van der Waals surface area contributed by atoms with E-state index < -0.39 is 12.2 Å². The highest BCUT2D eigenvalue weighted by atomic mass is 35.5. The lowest BCUT2D eigenvalue weighted by atomic mass is 10.1. The molecular weight excluding hydrogens is 418 g/mol. The molecule has 0 aromatic heterocycles. The number of fused-ring (bicyclic) bond motifs is 1. The second-order valence-corrected chi connectivity index (χ2v) is 8.39. The Kier molecular flexibility index (Phi) is 4.97. The predicted molar refractivity (Wildman–Crippen MR) is 119 cm³/mol. The Bertz CT molecular complexity index is 1090. The number of benzene rings is 2. The Labute approximate surface area is 184 Å². The summed E-state index contributed by atoms with van der Waals surface area (Å²) < 4.78 is 5.54. The molecule has 0 spiro atoms. The van der Waals surface area contributed by atoms with Gasteiger partial charge in [-0.25, -0.2) is 0 Å². The number of aliphatic hydroxyl groups is 2. The summed E-state index contributed by atoms with van der Waals surface area (Å²) in [5.41, 5.74) is 3.90. The zero-order valence-corrected chi connectivity index (χ0v) is 17.7. The number of methoxy groups -OCH3 is 1. The van der Waals surface area contributed by atoms with Crippen molar-refractivity contribution < 1.29 is 19.7 Å². The molecule has 7 nitrogen and oxygen atoms in total. The lowest BCUT2D eigenvalue weighted by molar-refractivity contribution is -0.111. The number of carbonyl (C=O) groups is 1. The molecule has 2 aromatic rings. The smallest absolute Gasteiger partial charge is 0.277 e. The van der Waals surface area contributed by atoms with Crippen LogP contribution < -0.4 is 14.5 Å². The van der Waals surface area contributed by atoms with Gasteiger partial charge in [-0.1, -0.05) is 23.7 Å². The van der Waals surface area contributed by atoms with Crippen LogP contribution in [0.15, 0.2) is 59.1 Å². The molecule has 5 rings (SSSR count). The van der Waals surface area contributed by atoms with E-state index in [0.29, 0.717) is 41.8 Å². The fourth-order valence-electron chi connectivity index (χ4n) is 4.32. The fraction of sp³-hybridized carbons (Fsp3) is 0.304. The van der Waals surface area contributed by atoms with E-state index in [9.17, 15) is 15.0 Å². The van der Waals surface area contributed by atoms with Gasteiger partial charge in [-0.05, 0) is 35.9 Å². The van der Waals surface area contributed by atoms with Crippen molar-refractivity contribution in [2.24, 2.45) is 4.99 Å². The molecule has 2 fully saturated rings. The number of hydrogen-bond acceptors (Lipinski definition) is 6. The molecule has 3 aliphatic heterocycles. The second-order valence-electron chi connectivity index (χ2n) is 7.95. The predicted octanol–water partition coefficient (Wildman–Crippen LogP) is 2.36. The third kappa shape index (κ3) is 3.48. The van der Waals surface area contributed by atoms with E-state index >= 15 is 0 Å². The second kappa shape index (κ2) is 7.67. The number of halogens is 1.